The number of hydrogen-bond donors (Lipinski definition) is 8. The van der Waals surface area contributed by atoms with Crippen molar-refractivity contribution in [1.29, 1.82) is 0 Å². The van der Waals surface area contributed by atoms with Crippen molar-refractivity contribution in [2.45, 2.75) is 117 Å². The summed E-state index contributed by atoms with van der Waals surface area (Å²) >= 11 is 0. The standard InChI is InChI=1S/C26H44N4O33S6/c1-6-12(27-66(45,46)47)16(32)19(10(58-6)4-64(39,40)41)62-26-15(30-69(54,55)56)18(34)21(22(63-26)24(37)38)57-3-9-14(29-68(51,52)53)17(33)20(11(59-9)5-65(42,43)44)61-25-13(28-67(48,49)50)7(31)2-8(60-25)23(35)36/h2,6-7,9-22,25-34H,3-5H2,1H3,(H,35,36)(H,37,38)(H,39,40,41)(H,42,43,44)(H,45,46,47)(H,48,49,50)(H,51,52,53)(H,54,55,56)/p-8/t6-,7+,9+,10?,11?,12?,13?,14?,15?,16-,17-,18-,19+,20+,21-,22?,25-,26+/m0/s1. The van der Waals surface area contributed by atoms with Gasteiger partial charge >= 0.3 is 0 Å². The fraction of sp³-hybridized carbons (Fsp3) is 0.846. The van der Waals surface area contributed by atoms with Crippen LogP contribution in [0.4, 0.5) is 0 Å². The Labute approximate surface area is 389 Å². The molecular formula is C26H36N4O33S6-8. The molecule has 69 heavy (non-hydrogen) atoms. The smallest absolute Gasteiger partial charge is 0.219 e. The topological polar surface area (TPSA) is 617 Å². The van der Waals surface area contributed by atoms with Crippen LogP contribution >= 0.6 is 0 Å². The zero-order valence-electron chi connectivity index (χ0n) is 33.7. The number of nitrogens with one attached hydrogen (secondary N) is 4. The van der Waals surface area contributed by atoms with E-state index in [9.17, 15) is 118 Å². The number of aliphatic hydroxyl groups excluding tert-OH is 4. The molecule has 7 unspecified atom stereocenters. The largest absolute Gasteiger partial charge is 0.748 e. The van der Waals surface area contributed by atoms with Gasteiger partial charge in [-0.25, -0.2) is 69.4 Å². The third-order valence-electron chi connectivity index (χ3n) is 9.92. The molecule has 0 aromatic rings. The molecule has 8 N–H and O–H groups in total. The monoisotopic (exact) mass is 1120 g/mol. The number of aliphatic carboxylic acids is 2. The van der Waals surface area contributed by atoms with Crippen LogP contribution in [0.1, 0.15) is 6.92 Å². The molecule has 0 bridgehead atoms. The Hall–Kier alpha value is -2.62. The maximum absolute atomic E-state index is 12.5. The minimum absolute atomic E-state index is 0.252. The Balaban J connectivity index is 1.74. The zero-order chi connectivity index (χ0) is 52.7. The fourth-order valence-corrected chi connectivity index (χ4v) is 11.1. The SMILES string of the molecule is C[C@@H]1OC(CS(=O)(=O)[O-])[C@@H](O[C@@H]2OC(C(=O)[O-])[C@@H](OC[C@H]3OC(CS(=O)(=O)[O-])[C@@H](O[C@@H]4OC(C(=O)[O-])=C[C@@H](O)C4NS(=O)(=O)[O-])[C@@H](O)C3NS(=O)(=O)[O-])[C@@H](O)C2NS(=O)(=O)[O-])[C@@H](O)C1NS(=O)(=O)[O-]. The summed E-state index contributed by atoms with van der Waals surface area (Å²) < 4.78 is 254. The van der Waals surface area contributed by atoms with Crippen LogP contribution in [0.3, 0.4) is 0 Å². The zero-order valence-corrected chi connectivity index (χ0v) is 38.6. The van der Waals surface area contributed by atoms with Gasteiger partial charge in [-0.1, -0.05) is 0 Å². The number of aliphatic hydroxyl groups is 4. The molecule has 43 heteroatoms. The lowest BCUT2D eigenvalue weighted by Crippen LogP contribution is -2.71. The molecule has 0 aliphatic carbocycles. The molecule has 0 aromatic heterocycles. The van der Waals surface area contributed by atoms with Crippen molar-refractivity contribution in [1.82, 2.24) is 18.9 Å². The number of hydrogen-bond acceptors (Lipinski definition) is 33. The lowest BCUT2D eigenvalue weighted by molar-refractivity contribution is -0.353. The number of carbonyl (C=O) groups excluding carboxylic acids is 2. The van der Waals surface area contributed by atoms with Crippen LogP contribution in [0.2, 0.25) is 0 Å². The van der Waals surface area contributed by atoms with E-state index >= 15 is 0 Å². The second-order valence-electron chi connectivity index (χ2n) is 14.9. The molecule has 0 saturated carbocycles. The Morgan fingerprint density at radius 3 is 1.46 bits per heavy atom. The van der Waals surface area contributed by atoms with Gasteiger partial charge < -0.3 is 101 Å². The van der Waals surface area contributed by atoms with E-state index in [1.807, 2.05) is 0 Å². The van der Waals surface area contributed by atoms with Gasteiger partial charge in [0.1, 0.15) is 72.6 Å². The van der Waals surface area contributed by atoms with Crippen LogP contribution in [-0.4, -0.2) is 238 Å². The average molecular weight is 1120 g/mol. The van der Waals surface area contributed by atoms with Gasteiger partial charge in [0.2, 0.25) is 6.29 Å². The van der Waals surface area contributed by atoms with Gasteiger partial charge in [0.05, 0.1) is 80.8 Å². The first-order valence-corrected chi connectivity index (χ1v) is 27.1. The van der Waals surface area contributed by atoms with Gasteiger partial charge in [-0.05, 0) is 13.0 Å². The van der Waals surface area contributed by atoms with Gasteiger partial charge in [0.25, 0.3) is 0 Å². The van der Waals surface area contributed by atoms with E-state index in [0.29, 0.717) is 0 Å². The third-order valence-corrected chi connectivity index (χ3v) is 13.6. The molecule has 18 atom stereocenters. The highest BCUT2D eigenvalue weighted by atomic mass is 32.3. The highest BCUT2D eigenvalue weighted by Gasteiger charge is 2.55. The molecule has 0 amide bonds. The third kappa shape index (κ3) is 17.0. The number of carboxylic acids is 2. The second kappa shape index (κ2) is 21.8. The van der Waals surface area contributed by atoms with Gasteiger partial charge in [0.15, 0.2) is 47.5 Å². The number of carbonyl (C=O) groups is 2. The predicted molar refractivity (Wildman–Crippen MR) is 194 cm³/mol. The van der Waals surface area contributed by atoms with Crippen molar-refractivity contribution in [3.05, 3.63) is 11.8 Å². The van der Waals surface area contributed by atoms with E-state index in [1.54, 1.807) is 0 Å². The summed E-state index contributed by atoms with van der Waals surface area (Å²) in [5.41, 5.74) is 0. The van der Waals surface area contributed by atoms with Crippen LogP contribution in [0.15, 0.2) is 11.8 Å². The highest BCUT2D eigenvalue weighted by Crippen LogP contribution is 2.34. The van der Waals surface area contributed by atoms with Crippen LogP contribution in [0.25, 0.3) is 0 Å². The number of carboxylic acid groups (broad SMARTS) is 2. The van der Waals surface area contributed by atoms with Gasteiger partial charge in [-0.2, -0.15) is 0 Å². The van der Waals surface area contributed by atoms with E-state index in [-0.39, 0.29) is 6.08 Å². The van der Waals surface area contributed by atoms with Gasteiger partial charge in [0, 0.05) is 0 Å². The second-order valence-corrected chi connectivity index (χ2v) is 22.4. The molecule has 4 rings (SSSR count). The number of rotatable bonds is 21. The van der Waals surface area contributed by atoms with Crippen LogP contribution < -0.4 is 29.1 Å². The molecule has 4 aliphatic heterocycles. The predicted octanol–water partition coefficient (Wildman–Crippen LogP) is -14.6. The Morgan fingerprint density at radius 1 is 0.580 bits per heavy atom. The molecule has 4 heterocycles. The molecule has 3 saturated heterocycles. The maximum Gasteiger partial charge on any atom is 0.219 e. The van der Waals surface area contributed by atoms with Gasteiger partial charge in [-0.15, -0.1) is 0 Å². The minimum Gasteiger partial charge on any atom is -0.748 e. The highest BCUT2D eigenvalue weighted by molar-refractivity contribution is 7.86. The van der Waals surface area contributed by atoms with Crippen LogP contribution in [0.5, 0.6) is 0 Å². The molecule has 4 aliphatic rings. The molecule has 0 aromatic carbocycles. The molecule has 37 nitrogen and oxygen atoms in total. The Kier molecular flexibility index (Phi) is 18.7. The molecule has 3 fully saturated rings. The molecule has 402 valence electrons. The van der Waals surface area contributed by atoms with Crippen molar-refractivity contribution in [2.75, 3.05) is 18.1 Å². The van der Waals surface area contributed by atoms with E-state index in [1.165, 1.54) is 18.9 Å². The average Bonchev–Trinajstić information content (AvgIpc) is 3.13. The Morgan fingerprint density at radius 2 is 1.00 bits per heavy atom. The summed E-state index contributed by atoms with van der Waals surface area (Å²) in [6.45, 7) is -0.667. The van der Waals surface area contributed by atoms with Crippen molar-refractivity contribution >= 4 is 73.4 Å². The first kappa shape index (κ1) is 58.9. The molecule has 0 spiro atoms. The van der Waals surface area contributed by atoms with Crippen LogP contribution in [-0.2, 0) is 104 Å². The molecule has 0 radical (unpaired) electrons. The maximum atomic E-state index is 12.5. The lowest BCUT2D eigenvalue weighted by Gasteiger charge is -2.50. The van der Waals surface area contributed by atoms with E-state index in [2.05, 4.69) is 0 Å². The van der Waals surface area contributed by atoms with Crippen molar-refractivity contribution in [3.63, 3.8) is 0 Å². The van der Waals surface area contributed by atoms with Gasteiger partial charge in [-0.3, -0.25) is 0 Å². The first-order valence-electron chi connectivity index (χ1n) is 18.3. The number of ether oxygens (including phenoxy) is 7. The quantitative estimate of drug-likeness (QED) is 0.0495. The minimum atomic E-state index is -5.93. The first-order chi connectivity index (χ1) is 31.1. The Bertz CT molecular complexity index is 2600. The molecular weight excluding hydrogens is 1090 g/mol. The summed E-state index contributed by atoms with van der Waals surface area (Å²) in [5, 5.41) is 68.2. The summed E-state index contributed by atoms with van der Waals surface area (Å²) in [7, 11) is -34.1. The normalized spacial score (nSPS) is 37.6. The van der Waals surface area contributed by atoms with Crippen molar-refractivity contribution in [2.24, 2.45) is 0 Å². The lowest BCUT2D eigenvalue weighted by atomic mass is 9.92. The summed E-state index contributed by atoms with van der Waals surface area (Å²) in [6, 6.07) is -9.93. The van der Waals surface area contributed by atoms with Crippen LogP contribution in [0, 0.1) is 0 Å². The van der Waals surface area contributed by atoms with E-state index in [0.717, 1.165) is 6.92 Å². The van der Waals surface area contributed by atoms with E-state index in [4.69, 9.17) is 33.2 Å². The summed E-state index contributed by atoms with van der Waals surface area (Å²) in [4.78, 5) is 24.0. The summed E-state index contributed by atoms with van der Waals surface area (Å²) in [6.07, 6.45) is -35.7. The summed E-state index contributed by atoms with van der Waals surface area (Å²) in [5.74, 6) is -9.72. The van der Waals surface area contributed by atoms with E-state index < -0.39 is 207 Å². The van der Waals surface area contributed by atoms with Crippen molar-refractivity contribution < 1.29 is 151 Å². The fourth-order valence-electron chi connectivity index (χ4n) is 7.29. The van der Waals surface area contributed by atoms with Crippen molar-refractivity contribution in [3.8, 4) is 0 Å².